The maximum absolute atomic E-state index is 2.44. The van der Waals surface area contributed by atoms with Crippen LogP contribution in [0.5, 0.6) is 0 Å². The molecule has 0 aliphatic rings. The summed E-state index contributed by atoms with van der Waals surface area (Å²) in [5.41, 5.74) is 0. The van der Waals surface area contributed by atoms with Crippen LogP contribution in [0.1, 0.15) is 142 Å². The molecule has 0 atom stereocenters. The van der Waals surface area contributed by atoms with Gasteiger partial charge in [0.1, 0.15) is 0 Å². The van der Waals surface area contributed by atoms with Crippen molar-refractivity contribution in [3.8, 4) is 0 Å². The van der Waals surface area contributed by atoms with Crippen molar-refractivity contribution in [3.05, 3.63) is 0 Å². The van der Waals surface area contributed by atoms with Crippen LogP contribution in [-0.2, 0) is 0 Å². The van der Waals surface area contributed by atoms with Gasteiger partial charge in [-0.1, -0.05) is 117 Å². The van der Waals surface area contributed by atoms with Crippen LogP contribution < -0.4 is 34.0 Å². The zero-order valence-electron chi connectivity index (χ0n) is 26.4. The van der Waals surface area contributed by atoms with Gasteiger partial charge in [0.15, 0.2) is 0 Å². The third kappa shape index (κ3) is 33.3. The number of unbranched alkanes of at least 4 members (excludes halogenated alkanes) is 18. The highest BCUT2D eigenvalue weighted by Crippen LogP contribution is 2.14. The van der Waals surface area contributed by atoms with Crippen molar-refractivity contribution in [2.45, 2.75) is 142 Å². The Hall–Kier alpha value is 1.23. The summed E-state index contributed by atoms with van der Waals surface area (Å²) in [5.74, 6) is 2.64. The molecule has 0 unspecified atom stereocenters. The first-order chi connectivity index (χ1) is 16.8. The topological polar surface area (TPSA) is 0 Å². The van der Waals surface area contributed by atoms with Gasteiger partial charge in [-0.15, -0.1) is 0 Å². The van der Waals surface area contributed by atoms with Crippen molar-refractivity contribution >= 4 is 11.8 Å². The van der Waals surface area contributed by atoms with Crippen molar-refractivity contribution < 1.29 is 42.9 Å². The van der Waals surface area contributed by atoms with E-state index < -0.39 is 0 Å². The van der Waals surface area contributed by atoms with Crippen LogP contribution in [0.4, 0.5) is 0 Å². The zero-order chi connectivity index (χ0) is 26.1. The maximum Gasteiger partial charge on any atom is 0.0874 e. The van der Waals surface area contributed by atoms with Crippen LogP contribution in [0.15, 0.2) is 0 Å². The lowest BCUT2D eigenvalue weighted by atomic mass is 10.1. The predicted octanol–water partition coefficient (Wildman–Crippen LogP) is 3.72. The van der Waals surface area contributed by atoms with Crippen LogP contribution in [0, 0.1) is 0 Å². The highest BCUT2D eigenvalue weighted by atomic mass is 79.9. The third-order valence-corrected chi connectivity index (χ3v) is 8.86. The van der Waals surface area contributed by atoms with Crippen molar-refractivity contribution in [3.63, 3.8) is 0 Å². The molecular formula is C32H70Br2N2S. The van der Waals surface area contributed by atoms with Crippen LogP contribution in [0.3, 0.4) is 0 Å². The molecule has 228 valence electrons. The van der Waals surface area contributed by atoms with E-state index in [1.807, 2.05) is 0 Å². The van der Waals surface area contributed by atoms with Crippen molar-refractivity contribution in [2.24, 2.45) is 0 Å². The lowest BCUT2D eigenvalue weighted by Gasteiger charge is -2.31. The molecule has 0 aromatic carbocycles. The first kappa shape index (κ1) is 42.7. The van der Waals surface area contributed by atoms with Crippen LogP contribution in [0.2, 0.25) is 0 Å². The Morgan fingerprint density at radius 3 is 0.865 bits per heavy atom. The molecule has 0 N–H and O–H groups in total. The molecule has 0 fully saturated rings. The fraction of sp³-hybridized carbons (Fsp3) is 1.00. The standard InChI is InChI=1S/C32H70N2S.2BrH/c1-7-9-11-13-15-17-19-21-23-25-27-33(3,4)29-31-35-32-30-34(5,6)28-26-24-22-20-18-16-14-12-10-8-2;;/h7-32H2,1-6H3;2*1H/q+2;;/p-2. The van der Waals surface area contributed by atoms with Gasteiger partial charge in [0.05, 0.1) is 54.4 Å². The first-order valence-corrected chi connectivity index (χ1v) is 17.2. The summed E-state index contributed by atoms with van der Waals surface area (Å²) < 4.78 is 2.42. The van der Waals surface area contributed by atoms with Gasteiger partial charge in [0.2, 0.25) is 0 Å². The SMILES string of the molecule is CCCCCCCCCCCC[N+](C)(C)CCSCC[N+](C)(C)CCCCCCCCCCCC.[Br-].[Br-]. The minimum absolute atomic E-state index is 0. The molecule has 0 aliphatic carbocycles. The molecule has 0 aliphatic heterocycles. The Morgan fingerprint density at radius 2 is 0.595 bits per heavy atom. The third-order valence-electron chi connectivity index (χ3n) is 7.92. The fourth-order valence-corrected chi connectivity index (χ4v) is 6.45. The lowest BCUT2D eigenvalue weighted by molar-refractivity contribution is -0.888. The Balaban J connectivity index is -0.00000578. The predicted molar refractivity (Wildman–Crippen MR) is 165 cm³/mol. The second-order valence-corrected chi connectivity index (χ2v) is 14.0. The van der Waals surface area contributed by atoms with E-state index in [-0.39, 0.29) is 34.0 Å². The molecule has 0 aromatic heterocycles. The van der Waals surface area contributed by atoms with E-state index in [0.29, 0.717) is 0 Å². The van der Waals surface area contributed by atoms with Crippen LogP contribution in [-0.4, -0.2) is 74.8 Å². The molecule has 0 saturated carbocycles. The molecular weight excluding hydrogens is 604 g/mol. The van der Waals surface area contributed by atoms with E-state index in [2.05, 4.69) is 53.8 Å². The molecule has 0 aromatic rings. The Morgan fingerprint density at radius 1 is 0.351 bits per heavy atom. The van der Waals surface area contributed by atoms with E-state index in [0.717, 1.165) is 0 Å². The molecule has 0 heterocycles. The summed E-state index contributed by atoms with van der Waals surface area (Å²) in [6, 6.07) is 0. The number of halogens is 2. The average molecular weight is 675 g/mol. The molecule has 0 spiro atoms. The number of hydrogen-bond acceptors (Lipinski definition) is 1. The van der Waals surface area contributed by atoms with Gasteiger partial charge in [0, 0.05) is 11.5 Å². The summed E-state index contributed by atoms with van der Waals surface area (Å²) >= 11 is 2.19. The molecule has 37 heavy (non-hydrogen) atoms. The molecule has 0 bridgehead atoms. The zero-order valence-corrected chi connectivity index (χ0v) is 30.4. The van der Waals surface area contributed by atoms with Gasteiger partial charge in [0.25, 0.3) is 0 Å². The smallest absolute Gasteiger partial charge is 0.0874 e. The number of rotatable bonds is 28. The average Bonchev–Trinajstić information content (AvgIpc) is 2.81. The Kier molecular flexibility index (Phi) is 34.8. The molecule has 0 rings (SSSR count). The van der Waals surface area contributed by atoms with Gasteiger partial charge >= 0.3 is 0 Å². The van der Waals surface area contributed by atoms with E-state index >= 15 is 0 Å². The normalized spacial score (nSPS) is 11.8. The summed E-state index contributed by atoms with van der Waals surface area (Å²) in [5, 5.41) is 0. The summed E-state index contributed by atoms with van der Waals surface area (Å²) in [6.45, 7) is 9.98. The minimum atomic E-state index is 0. The molecule has 0 saturated heterocycles. The van der Waals surface area contributed by atoms with Crippen molar-refractivity contribution in [2.75, 3.05) is 65.9 Å². The number of quaternary nitrogens is 2. The lowest BCUT2D eigenvalue weighted by Crippen LogP contribution is -3.00. The summed E-state index contributed by atoms with van der Waals surface area (Å²) in [4.78, 5) is 0. The second-order valence-electron chi connectivity index (χ2n) is 12.7. The molecule has 5 heteroatoms. The fourth-order valence-electron chi connectivity index (χ4n) is 5.00. The van der Waals surface area contributed by atoms with E-state index in [9.17, 15) is 0 Å². The molecule has 0 amide bonds. The number of thioether (sulfide) groups is 1. The molecule has 2 nitrogen and oxygen atoms in total. The molecule has 0 radical (unpaired) electrons. The monoisotopic (exact) mass is 672 g/mol. The highest BCUT2D eigenvalue weighted by Gasteiger charge is 2.16. The Labute approximate surface area is 261 Å². The van der Waals surface area contributed by atoms with Gasteiger partial charge in [-0.05, 0) is 25.7 Å². The maximum atomic E-state index is 2.44. The van der Waals surface area contributed by atoms with Crippen LogP contribution in [0.25, 0.3) is 0 Å². The summed E-state index contributed by atoms with van der Waals surface area (Å²) in [6.07, 6.45) is 28.8. The highest BCUT2D eigenvalue weighted by molar-refractivity contribution is 7.99. The Bertz CT molecular complexity index is 395. The van der Waals surface area contributed by atoms with Gasteiger partial charge in [-0.3, -0.25) is 0 Å². The minimum Gasteiger partial charge on any atom is -1.00 e. The van der Waals surface area contributed by atoms with E-state index in [1.165, 1.54) is 175 Å². The van der Waals surface area contributed by atoms with Gasteiger partial charge in [-0.2, -0.15) is 11.8 Å². The van der Waals surface area contributed by atoms with E-state index in [4.69, 9.17) is 0 Å². The summed E-state index contributed by atoms with van der Waals surface area (Å²) in [7, 11) is 9.78. The van der Waals surface area contributed by atoms with Gasteiger partial charge in [-0.25, -0.2) is 0 Å². The van der Waals surface area contributed by atoms with E-state index in [1.54, 1.807) is 0 Å². The first-order valence-electron chi connectivity index (χ1n) is 16.0. The van der Waals surface area contributed by atoms with Crippen LogP contribution >= 0.6 is 11.8 Å². The van der Waals surface area contributed by atoms with Crippen molar-refractivity contribution in [1.82, 2.24) is 0 Å². The van der Waals surface area contributed by atoms with Crippen molar-refractivity contribution in [1.29, 1.82) is 0 Å². The largest absolute Gasteiger partial charge is 1.00 e. The van der Waals surface area contributed by atoms with Gasteiger partial charge < -0.3 is 42.9 Å². The quantitative estimate of drug-likeness (QED) is 0.0902. The second kappa shape index (κ2) is 30.2. The number of hydrogen-bond donors (Lipinski definition) is 0. The number of nitrogens with zero attached hydrogens (tertiary/aromatic N) is 2.